The van der Waals surface area contributed by atoms with E-state index in [1.807, 2.05) is 12.1 Å². The summed E-state index contributed by atoms with van der Waals surface area (Å²) >= 11 is 5.81. The van der Waals surface area contributed by atoms with Crippen molar-refractivity contribution in [3.63, 3.8) is 0 Å². The summed E-state index contributed by atoms with van der Waals surface area (Å²) in [5.74, 6) is 1.14. The third kappa shape index (κ3) is 3.42. The predicted molar refractivity (Wildman–Crippen MR) is 69.7 cm³/mol. The Morgan fingerprint density at radius 1 is 1.22 bits per heavy atom. The Bertz CT molecular complexity index is 497. The van der Waals surface area contributed by atoms with Crippen molar-refractivity contribution in [2.75, 3.05) is 6.61 Å². The number of aromatic nitrogens is 2. The van der Waals surface area contributed by atoms with Crippen molar-refractivity contribution in [1.82, 2.24) is 9.97 Å². The van der Waals surface area contributed by atoms with Crippen molar-refractivity contribution in [3.8, 4) is 17.1 Å². The highest BCUT2D eigenvalue weighted by molar-refractivity contribution is 6.30. The largest absolute Gasteiger partial charge is 0.488 e. The summed E-state index contributed by atoms with van der Waals surface area (Å²) in [5.41, 5.74) is 0.890. The molecule has 94 valence electrons. The molecule has 2 aromatic rings. The van der Waals surface area contributed by atoms with Gasteiger partial charge in [-0.05, 0) is 31.2 Å². The second-order valence-electron chi connectivity index (χ2n) is 3.91. The molecule has 0 bridgehead atoms. The van der Waals surface area contributed by atoms with E-state index in [2.05, 4.69) is 9.97 Å². The molecule has 1 N–H and O–H groups in total. The second-order valence-corrected chi connectivity index (χ2v) is 4.35. The summed E-state index contributed by atoms with van der Waals surface area (Å²) in [4.78, 5) is 8.39. The smallest absolute Gasteiger partial charge is 0.159 e. The fourth-order valence-corrected chi connectivity index (χ4v) is 1.48. The maximum atomic E-state index is 9.09. The molecule has 18 heavy (non-hydrogen) atoms. The van der Waals surface area contributed by atoms with E-state index in [0.29, 0.717) is 16.6 Å². The predicted octanol–water partition coefficient (Wildman–Crippen LogP) is 2.56. The minimum absolute atomic E-state index is 0.226. The van der Waals surface area contributed by atoms with Crippen molar-refractivity contribution in [2.24, 2.45) is 0 Å². The molecule has 0 saturated carbocycles. The SMILES string of the molecule is CC(O)COc1cnc(-c2ccc(Cl)cc2)nc1. The van der Waals surface area contributed by atoms with Gasteiger partial charge in [0.1, 0.15) is 6.61 Å². The van der Waals surface area contributed by atoms with Crippen LogP contribution in [0, 0.1) is 0 Å². The van der Waals surface area contributed by atoms with Crippen LogP contribution in [0.1, 0.15) is 6.92 Å². The molecule has 0 aliphatic rings. The molecule has 0 amide bonds. The van der Waals surface area contributed by atoms with Crippen LogP contribution in [0.15, 0.2) is 36.7 Å². The molecule has 1 aromatic heterocycles. The third-order valence-corrected chi connectivity index (χ3v) is 2.47. The zero-order chi connectivity index (χ0) is 13.0. The highest BCUT2D eigenvalue weighted by Crippen LogP contribution is 2.19. The lowest BCUT2D eigenvalue weighted by atomic mass is 10.2. The summed E-state index contributed by atoms with van der Waals surface area (Å²) < 4.78 is 5.28. The Hall–Kier alpha value is -1.65. The molecular formula is C13H13ClN2O2. The third-order valence-electron chi connectivity index (χ3n) is 2.22. The van der Waals surface area contributed by atoms with Crippen LogP contribution < -0.4 is 4.74 Å². The highest BCUT2D eigenvalue weighted by Gasteiger charge is 2.03. The number of hydrogen-bond acceptors (Lipinski definition) is 4. The van der Waals surface area contributed by atoms with Crippen molar-refractivity contribution in [2.45, 2.75) is 13.0 Å². The zero-order valence-electron chi connectivity index (χ0n) is 9.88. The van der Waals surface area contributed by atoms with Crippen LogP contribution in [0.5, 0.6) is 5.75 Å². The summed E-state index contributed by atoms with van der Waals surface area (Å²) in [6, 6.07) is 7.29. The zero-order valence-corrected chi connectivity index (χ0v) is 10.6. The topological polar surface area (TPSA) is 55.2 Å². The quantitative estimate of drug-likeness (QED) is 0.922. The Kier molecular flexibility index (Phi) is 4.12. The van der Waals surface area contributed by atoms with Crippen LogP contribution in [0.25, 0.3) is 11.4 Å². The number of hydrogen-bond donors (Lipinski definition) is 1. The van der Waals surface area contributed by atoms with Gasteiger partial charge in [-0.1, -0.05) is 11.6 Å². The van der Waals surface area contributed by atoms with Crippen molar-refractivity contribution >= 4 is 11.6 Å². The van der Waals surface area contributed by atoms with E-state index >= 15 is 0 Å². The number of aliphatic hydroxyl groups is 1. The molecule has 2 rings (SSSR count). The van der Waals surface area contributed by atoms with Gasteiger partial charge in [-0.15, -0.1) is 0 Å². The van der Waals surface area contributed by atoms with Gasteiger partial charge in [0.25, 0.3) is 0 Å². The van der Waals surface area contributed by atoms with E-state index in [9.17, 15) is 0 Å². The average Bonchev–Trinajstić information content (AvgIpc) is 2.38. The minimum Gasteiger partial charge on any atom is -0.488 e. The maximum Gasteiger partial charge on any atom is 0.159 e. The number of benzene rings is 1. The first-order chi connectivity index (χ1) is 8.65. The fraction of sp³-hybridized carbons (Fsp3) is 0.231. The number of ether oxygens (including phenoxy) is 1. The molecule has 1 heterocycles. The van der Waals surface area contributed by atoms with E-state index in [4.69, 9.17) is 21.4 Å². The number of halogens is 1. The molecule has 0 fully saturated rings. The van der Waals surface area contributed by atoms with Crippen LogP contribution in [0.4, 0.5) is 0 Å². The first kappa shape index (κ1) is 12.8. The van der Waals surface area contributed by atoms with Gasteiger partial charge in [0, 0.05) is 10.6 Å². The number of nitrogens with zero attached hydrogens (tertiary/aromatic N) is 2. The van der Waals surface area contributed by atoms with E-state index < -0.39 is 6.10 Å². The number of rotatable bonds is 4. The van der Waals surface area contributed by atoms with Crippen molar-refractivity contribution in [1.29, 1.82) is 0 Å². The van der Waals surface area contributed by atoms with Gasteiger partial charge in [0.15, 0.2) is 11.6 Å². The molecule has 1 atom stereocenters. The van der Waals surface area contributed by atoms with Gasteiger partial charge < -0.3 is 9.84 Å². The maximum absolute atomic E-state index is 9.09. The van der Waals surface area contributed by atoms with Crippen molar-refractivity contribution < 1.29 is 9.84 Å². The lowest BCUT2D eigenvalue weighted by Gasteiger charge is -2.07. The fourth-order valence-electron chi connectivity index (χ4n) is 1.36. The Labute approximate surface area is 110 Å². The standard InChI is InChI=1S/C13H13ClN2O2/c1-9(17)8-18-12-6-15-13(16-7-12)10-2-4-11(14)5-3-10/h2-7,9,17H,8H2,1H3. The molecule has 0 saturated heterocycles. The molecular weight excluding hydrogens is 252 g/mol. The van der Waals surface area contributed by atoms with E-state index in [1.54, 1.807) is 31.5 Å². The summed E-state index contributed by atoms with van der Waals surface area (Å²) in [6.07, 6.45) is 2.65. The Morgan fingerprint density at radius 3 is 2.39 bits per heavy atom. The van der Waals surface area contributed by atoms with Crippen LogP contribution >= 0.6 is 11.6 Å². The normalized spacial score (nSPS) is 12.2. The van der Waals surface area contributed by atoms with E-state index in [0.717, 1.165) is 5.56 Å². The van der Waals surface area contributed by atoms with Crippen LogP contribution in [0.2, 0.25) is 5.02 Å². The molecule has 0 aliphatic carbocycles. The molecule has 1 aromatic carbocycles. The second kappa shape index (κ2) is 5.80. The van der Waals surface area contributed by atoms with Gasteiger partial charge in [0.2, 0.25) is 0 Å². The van der Waals surface area contributed by atoms with E-state index in [-0.39, 0.29) is 6.61 Å². The molecule has 0 spiro atoms. The van der Waals surface area contributed by atoms with Crippen LogP contribution in [0.3, 0.4) is 0 Å². The summed E-state index contributed by atoms with van der Waals surface area (Å²) in [5, 5.41) is 9.77. The highest BCUT2D eigenvalue weighted by atomic mass is 35.5. The lowest BCUT2D eigenvalue weighted by Crippen LogP contribution is -2.13. The van der Waals surface area contributed by atoms with Gasteiger partial charge >= 0.3 is 0 Å². The average molecular weight is 265 g/mol. The van der Waals surface area contributed by atoms with Crippen molar-refractivity contribution in [3.05, 3.63) is 41.7 Å². The van der Waals surface area contributed by atoms with Gasteiger partial charge in [-0.25, -0.2) is 9.97 Å². The van der Waals surface area contributed by atoms with Gasteiger partial charge in [-0.2, -0.15) is 0 Å². The van der Waals surface area contributed by atoms with Gasteiger partial charge in [-0.3, -0.25) is 0 Å². The first-order valence-electron chi connectivity index (χ1n) is 5.54. The molecule has 0 aliphatic heterocycles. The molecule has 5 heteroatoms. The van der Waals surface area contributed by atoms with Gasteiger partial charge in [0.05, 0.1) is 18.5 Å². The van der Waals surface area contributed by atoms with Crippen LogP contribution in [-0.4, -0.2) is 27.8 Å². The first-order valence-corrected chi connectivity index (χ1v) is 5.92. The summed E-state index contributed by atoms with van der Waals surface area (Å²) in [6.45, 7) is 1.88. The monoisotopic (exact) mass is 264 g/mol. The van der Waals surface area contributed by atoms with E-state index in [1.165, 1.54) is 0 Å². The van der Waals surface area contributed by atoms with Crippen LogP contribution in [-0.2, 0) is 0 Å². The summed E-state index contributed by atoms with van der Waals surface area (Å²) in [7, 11) is 0. The molecule has 0 radical (unpaired) electrons. The minimum atomic E-state index is -0.513. The number of aliphatic hydroxyl groups excluding tert-OH is 1. The lowest BCUT2D eigenvalue weighted by molar-refractivity contribution is 0.122. The molecule has 1 unspecified atom stereocenters. The Morgan fingerprint density at radius 2 is 1.83 bits per heavy atom. The molecule has 4 nitrogen and oxygen atoms in total. The Balaban J connectivity index is 2.09.